The van der Waals surface area contributed by atoms with E-state index in [1.165, 1.54) is 7.11 Å². The second-order valence-electron chi connectivity index (χ2n) is 5.15. The number of carbonyl (C=O) groups excluding carboxylic acids is 1. The number of aromatic nitrogens is 1. The van der Waals surface area contributed by atoms with Crippen LogP contribution in [0.3, 0.4) is 0 Å². The molecule has 24 heavy (non-hydrogen) atoms. The van der Waals surface area contributed by atoms with Crippen molar-refractivity contribution in [3.63, 3.8) is 0 Å². The molecule has 6 heteroatoms. The quantitative estimate of drug-likeness (QED) is 0.754. The molecule has 0 spiro atoms. The van der Waals surface area contributed by atoms with E-state index >= 15 is 0 Å². The smallest absolute Gasteiger partial charge is 0.251 e. The molecule has 0 atom stereocenters. The highest BCUT2D eigenvalue weighted by Crippen LogP contribution is 2.27. The number of amides is 1. The maximum absolute atomic E-state index is 12.2. The average molecular weight is 326 g/mol. The molecule has 6 nitrogen and oxygen atoms in total. The topological polar surface area (TPSA) is 73.6 Å². The molecular weight excluding hydrogens is 308 g/mol. The highest BCUT2D eigenvalue weighted by atomic mass is 16.5. The summed E-state index contributed by atoms with van der Waals surface area (Å²) in [4.78, 5) is 16.6. The summed E-state index contributed by atoms with van der Waals surface area (Å²) in [6.07, 6.45) is 0.522. The summed E-state index contributed by atoms with van der Waals surface area (Å²) in [6.45, 7) is 0.431. The first-order valence-electron chi connectivity index (χ1n) is 7.56. The Bertz CT molecular complexity index is 824. The fourth-order valence-corrected chi connectivity index (χ4v) is 2.39. The zero-order chi connectivity index (χ0) is 16.9. The van der Waals surface area contributed by atoms with Crippen molar-refractivity contribution in [2.75, 3.05) is 20.8 Å². The number of hydrogen-bond donors (Lipinski definition) is 1. The van der Waals surface area contributed by atoms with Crippen LogP contribution in [0.1, 0.15) is 16.2 Å². The molecule has 1 amide bonds. The molecule has 3 aromatic rings. The van der Waals surface area contributed by atoms with Gasteiger partial charge in [-0.15, -0.1) is 0 Å². The lowest BCUT2D eigenvalue weighted by molar-refractivity contribution is 0.0953. The summed E-state index contributed by atoms with van der Waals surface area (Å²) in [5.74, 6) is 1.51. The van der Waals surface area contributed by atoms with Crippen LogP contribution in [0.15, 0.2) is 46.9 Å². The normalized spacial score (nSPS) is 10.6. The first-order chi connectivity index (χ1) is 11.7. The molecule has 0 radical (unpaired) electrons. The number of carbonyl (C=O) groups is 1. The molecule has 0 bridgehead atoms. The molecule has 2 aromatic carbocycles. The van der Waals surface area contributed by atoms with Gasteiger partial charge in [0.05, 0.1) is 14.2 Å². The molecule has 0 aliphatic rings. The van der Waals surface area contributed by atoms with Gasteiger partial charge in [0.15, 0.2) is 23.0 Å². The third kappa shape index (κ3) is 3.32. The molecule has 0 aliphatic heterocycles. The van der Waals surface area contributed by atoms with E-state index in [-0.39, 0.29) is 5.91 Å². The van der Waals surface area contributed by atoms with Gasteiger partial charge in [-0.3, -0.25) is 4.79 Å². The minimum atomic E-state index is -0.188. The minimum absolute atomic E-state index is 0.188. The van der Waals surface area contributed by atoms with E-state index in [0.717, 1.165) is 11.1 Å². The number of fused-ring (bicyclic) bond motifs is 1. The Balaban J connectivity index is 1.61. The Labute approximate surface area is 139 Å². The molecule has 0 aliphatic carbocycles. The SMILES string of the molecule is COc1ccc(C(=O)NCCc2nc3ccccc3o2)cc1OC. The Morgan fingerprint density at radius 2 is 1.92 bits per heavy atom. The van der Waals surface area contributed by atoms with Gasteiger partial charge < -0.3 is 19.2 Å². The van der Waals surface area contributed by atoms with Gasteiger partial charge >= 0.3 is 0 Å². The van der Waals surface area contributed by atoms with Gasteiger partial charge in [0.1, 0.15) is 5.52 Å². The lowest BCUT2D eigenvalue weighted by Crippen LogP contribution is -2.25. The van der Waals surface area contributed by atoms with Crippen molar-refractivity contribution in [2.24, 2.45) is 0 Å². The van der Waals surface area contributed by atoms with Gasteiger partial charge in [0, 0.05) is 18.5 Å². The Morgan fingerprint density at radius 3 is 2.67 bits per heavy atom. The van der Waals surface area contributed by atoms with Crippen LogP contribution in [0.5, 0.6) is 11.5 Å². The van der Waals surface area contributed by atoms with Crippen molar-refractivity contribution < 1.29 is 18.7 Å². The van der Waals surface area contributed by atoms with E-state index in [4.69, 9.17) is 13.9 Å². The number of methoxy groups -OCH3 is 2. The molecule has 3 rings (SSSR count). The van der Waals surface area contributed by atoms with Gasteiger partial charge in [-0.2, -0.15) is 0 Å². The average Bonchev–Trinajstić information content (AvgIpc) is 3.03. The molecule has 0 fully saturated rings. The van der Waals surface area contributed by atoms with Crippen LogP contribution < -0.4 is 14.8 Å². The standard InChI is InChI=1S/C18H18N2O4/c1-22-15-8-7-12(11-16(15)23-2)18(21)19-10-9-17-20-13-5-3-4-6-14(13)24-17/h3-8,11H,9-10H2,1-2H3,(H,19,21). The molecule has 0 unspecified atom stereocenters. The molecular formula is C18H18N2O4. The second-order valence-corrected chi connectivity index (χ2v) is 5.15. The van der Waals surface area contributed by atoms with Crippen molar-refractivity contribution in [1.29, 1.82) is 0 Å². The zero-order valence-corrected chi connectivity index (χ0v) is 13.5. The van der Waals surface area contributed by atoms with Crippen LogP contribution in [0.25, 0.3) is 11.1 Å². The van der Waals surface area contributed by atoms with Gasteiger partial charge in [-0.05, 0) is 30.3 Å². The zero-order valence-electron chi connectivity index (χ0n) is 13.5. The fraction of sp³-hybridized carbons (Fsp3) is 0.222. The van der Waals surface area contributed by atoms with Crippen LogP contribution in [-0.4, -0.2) is 31.7 Å². The molecule has 1 N–H and O–H groups in total. The van der Waals surface area contributed by atoms with Crippen LogP contribution in [-0.2, 0) is 6.42 Å². The number of benzene rings is 2. The Hall–Kier alpha value is -3.02. The van der Waals surface area contributed by atoms with Gasteiger partial charge in [0.25, 0.3) is 5.91 Å². The summed E-state index contributed by atoms with van der Waals surface area (Å²) >= 11 is 0. The van der Waals surface area contributed by atoms with Crippen molar-refractivity contribution in [3.05, 3.63) is 53.9 Å². The first-order valence-corrected chi connectivity index (χ1v) is 7.56. The van der Waals surface area contributed by atoms with E-state index in [1.54, 1.807) is 25.3 Å². The van der Waals surface area contributed by atoms with E-state index < -0.39 is 0 Å². The first kappa shape index (κ1) is 15.9. The molecule has 124 valence electrons. The number of para-hydroxylation sites is 2. The highest BCUT2D eigenvalue weighted by molar-refractivity contribution is 5.94. The van der Waals surface area contributed by atoms with E-state index in [2.05, 4.69) is 10.3 Å². The predicted molar refractivity (Wildman–Crippen MR) is 89.6 cm³/mol. The monoisotopic (exact) mass is 326 g/mol. The Kier molecular flexibility index (Phi) is 4.65. The van der Waals surface area contributed by atoms with Gasteiger partial charge in [0.2, 0.25) is 0 Å². The number of rotatable bonds is 6. The summed E-state index contributed by atoms with van der Waals surface area (Å²) in [5, 5.41) is 2.85. The molecule has 0 saturated heterocycles. The van der Waals surface area contributed by atoms with E-state index in [1.807, 2.05) is 24.3 Å². The molecule has 1 aromatic heterocycles. The number of ether oxygens (including phenoxy) is 2. The maximum atomic E-state index is 12.2. The van der Waals surface area contributed by atoms with E-state index in [0.29, 0.717) is 35.9 Å². The lowest BCUT2D eigenvalue weighted by atomic mass is 10.2. The van der Waals surface area contributed by atoms with Gasteiger partial charge in [-0.1, -0.05) is 12.1 Å². The van der Waals surface area contributed by atoms with Crippen LogP contribution in [0.2, 0.25) is 0 Å². The van der Waals surface area contributed by atoms with Crippen LogP contribution >= 0.6 is 0 Å². The van der Waals surface area contributed by atoms with Crippen molar-refractivity contribution in [1.82, 2.24) is 10.3 Å². The second kappa shape index (κ2) is 7.04. The summed E-state index contributed by atoms with van der Waals surface area (Å²) in [7, 11) is 3.09. The van der Waals surface area contributed by atoms with Gasteiger partial charge in [-0.25, -0.2) is 4.98 Å². The highest BCUT2D eigenvalue weighted by Gasteiger charge is 2.11. The number of nitrogens with one attached hydrogen (secondary N) is 1. The van der Waals surface area contributed by atoms with Crippen molar-refractivity contribution >= 4 is 17.0 Å². The predicted octanol–water partition coefficient (Wildman–Crippen LogP) is 2.82. The van der Waals surface area contributed by atoms with E-state index in [9.17, 15) is 4.79 Å². The van der Waals surface area contributed by atoms with Crippen molar-refractivity contribution in [3.8, 4) is 11.5 Å². The number of nitrogens with zero attached hydrogens (tertiary/aromatic N) is 1. The third-order valence-corrected chi connectivity index (χ3v) is 3.61. The molecule has 1 heterocycles. The fourth-order valence-electron chi connectivity index (χ4n) is 2.39. The minimum Gasteiger partial charge on any atom is -0.493 e. The summed E-state index contributed by atoms with van der Waals surface area (Å²) in [5.41, 5.74) is 2.07. The lowest BCUT2D eigenvalue weighted by Gasteiger charge is -2.09. The number of oxazole rings is 1. The molecule has 0 saturated carbocycles. The number of hydrogen-bond acceptors (Lipinski definition) is 5. The summed E-state index contributed by atoms with van der Waals surface area (Å²) in [6, 6.07) is 12.6. The van der Waals surface area contributed by atoms with Crippen molar-refractivity contribution in [2.45, 2.75) is 6.42 Å². The van der Waals surface area contributed by atoms with Crippen LogP contribution in [0.4, 0.5) is 0 Å². The van der Waals surface area contributed by atoms with Crippen LogP contribution in [0, 0.1) is 0 Å². The summed E-state index contributed by atoms with van der Waals surface area (Å²) < 4.78 is 16.0. The maximum Gasteiger partial charge on any atom is 0.251 e. The Morgan fingerprint density at radius 1 is 1.12 bits per heavy atom. The largest absolute Gasteiger partial charge is 0.493 e. The third-order valence-electron chi connectivity index (χ3n) is 3.61.